The first-order valence-corrected chi connectivity index (χ1v) is 9.27. The Morgan fingerprint density at radius 3 is 2.75 bits per heavy atom. The molecule has 1 fully saturated rings. The summed E-state index contributed by atoms with van der Waals surface area (Å²) in [4.78, 5) is 12.0. The third kappa shape index (κ3) is 4.33. The lowest BCUT2D eigenvalue weighted by Gasteiger charge is -2.21. The van der Waals surface area contributed by atoms with Gasteiger partial charge in [-0.25, -0.2) is 4.98 Å². The first kappa shape index (κ1) is 22.2. The van der Waals surface area contributed by atoms with E-state index in [0.29, 0.717) is 17.6 Å². The molecule has 2 N–H and O–H groups in total. The lowest BCUT2D eigenvalue weighted by Crippen LogP contribution is -2.30. The van der Waals surface area contributed by atoms with E-state index in [-0.39, 0.29) is 24.8 Å². The van der Waals surface area contributed by atoms with Crippen LogP contribution in [0.4, 0.5) is 17.5 Å². The number of aryl methyl sites for hydroxylation is 2. The molecule has 28 heavy (non-hydrogen) atoms. The van der Waals surface area contributed by atoms with Gasteiger partial charge < -0.3 is 15.5 Å². The lowest BCUT2D eigenvalue weighted by atomic mass is 10.1. The van der Waals surface area contributed by atoms with Gasteiger partial charge in [0.1, 0.15) is 5.82 Å². The molecular weight excluding hydrogens is 395 g/mol. The van der Waals surface area contributed by atoms with Crippen molar-refractivity contribution in [2.24, 2.45) is 0 Å². The van der Waals surface area contributed by atoms with Crippen LogP contribution in [-0.4, -0.2) is 36.1 Å². The zero-order valence-electron chi connectivity index (χ0n) is 16.2. The smallest absolute Gasteiger partial charge is 0.229 e. The number of likely N-dealkylation sites (N-methyl/N-ethyl adjacent to an activating group) is 1. The van der Waals surface area contributed by atoms with Gasteiger partial charge in [0.25, 0.3) is 0 Å². The minimum absolute atomic E-state index is 0. The molecule has 2 aliphatic rings. The fourth-order valence-electron chi connectivity index (χ4n) is 3.87. The molecule has 0 bridgehead atoms. The van der Waals surface area contributed by atoms with Crippen molar-refractivity contribution in [1.82, 2.24) is 15.3 Å². The standard InChI is InChI=1S/C20H24N6.2ClH/c1-13-6-7-15(10-14(13)11-21)23-20-24-18-5-3-4-17(18)19(25-20)26-9-8-16(12-26)22-2;;/h6-7,10,16,22H,3-5,8-9,12H2,1-2H3,(H,23,24,25);2*1H/t16-;;/m0../s1. The summed E-state index contributed by atoms with van der Waals surface area (Å²) < 4.78 is 0. The van der Waals surface area contributed by atoms with Crippen LogP contribution in [0.5, 0.6) is 0 Å². The summed E-state index contributed by atoms with van der Waals surface area (Å²) in [5, 5.41) is 15.9. The molecular formula is C20H26Cl2N6. The van der Waals surface area contributed by atoms with E-state index < -0.39 is 0 Å². The first-order valence-electron chi connectivity index (χ1n) is 9.27. The molecule has 8 heteroatoms. The van der Waals surface area contributed by atoms with Crippen molar-refractivity contribution in [3.8, 4) is 6.07 Å². The number of benzene rings is 1. The van der Waals surface area contributed by atoms with E-state index >= 15 is 0 Å². The van der Waals surface area contributed by atoms with E-state index in [1.54, 1.807) is 0 Å². The molecule has 2 aromatic rings. The average molecular weight is 421 g/mol. The SMILES string of the molecule is CN[C@H]1CCN(c2nc(Nc3ccc(C)c(C#N)c3)nc3c2CCC3)C1.Cl.Cl. The highest BCUT2D eigenvalue weighted by molar-refractivity contribution is 5.85. The normalized spacial score (nSPS) is 17.3. The average Bonchev–Trinajstić information content (AvgIpc) is 3.31. The van der Waals surface area contributed by atoms with Crippen LogP contribution in [0.2, 0.25) is 0 Å². The summed E-state index contributed by atoms with van der Waals surface area (Å²) in [6.45, 7) is 3.96. The summed E-state index contributed by atoms with van der Waals surface area (Å²) >= 11 is 0. The summed E-state index contributed by atoms with van der Waals surface area (Å²) in [5.41, 5.74) is 4.98. The molecule has 6 nitrogen and oxygen atoms in total. The number of hydrogen-bond acceptors (Lipinski definition) is 6. The van der Waals surface area contributed by atoms with Crippen molar-refractivity contribution >= 4 is 42.3 Å². The number of aromatic nitrogens is 2. The van der Waals surface area contributed by atoms with Crippen LogP contribution in [0.25, 0.3) is 0 Å². The molecule has 1 aromatic heterocycles. The predicted octanol–water partition coefficient (Wildman–Crippen LogP) is 3.53. The molecule has 1 aliphatic heterocycles. The van der Waals surface area contributed by atoms with Crippen molar-refractivity contribution in [3.63, 3.8) is 0 Å². The number of nitrogens with zero attached hydrogens (tertiary/aromatic N) is 4. The highest BCUT2D eigenvalue weighted by atomic mass is 35.5. The number of anilines is 3. The molecule has 0 saturated carbocycles. The second kappa shape index (κ2) is 9.42. The summed E-state index contributed by atoms with van der Waals surface area (Å²) in [6.07, 6.45) is 4.36. The first-order chi connectivity index (χ1) is 12.7. The van der Waals surface area contributed by atoms with Gasteiger partial charge in [-0.05, 0) is 57.4 Å². The van der Waals surface area contributed by atoms with Gasteiger partial charge in [0.15, 0.2) is 0 Å². The fourth-order valence-corrected chi connectivity index (χ4v) is 3.87. The maximum atomic E-state index is 9.25. The van der Waals surface area contributed by atoms with Gasteiger partial charge in [-0.15, -0.1) is 24.8 Å². The van der Waals surface area contributed by atoms with E-state index in [1.165, 1.54) is 5.56 Å². The molecule has 0 radical (unpaired) electrons. The zero-order chi connectivity index (χ0) is 18.1. The van der Waals surface area contributed by atoms with Gasteiger partial charge in [0, 0.05) is 30.4 Å². The highest BCUT2D eigenvalue weighted by Gasteiger charge is 2.28. The van der Waals surface area contributed by atoms with Crippen molar-refractivity contribution in [1.29, 1.82) is 5.26 Å². The second-order valence-electron chi connectivity index (χ2n) is 7.14. The topological polar surface area (TPSA) is 76.9 Å². The summed E-state index contributed by atoms with van der Waals surface area (Å²) in [7, 11) is 2.02. The number of nitriles is 1. The molecule has 150 valence electrons. The highest BCUT2D eigenvalue weighted by Crippen LogP contribution is 2.32. The Morgan fingerprint density at radius 1 is 1.21 bits per heavy atom. The quantitative estimate of drug-likeness (QED) is 0.787. The maximum Gasteiger partial charge on any atom is 0.229 e. The van der Waals surface area contributed by atoms with Crippen molar-refractivity contribution in [2.45, 2.75) is 38.6 Å². The van der Waals surface area contributed by atoms with Crippen LogP contribution in [0.15, 0.2) is 18.2 Å². The van der Waals surface area contributed by atoms with E-state index in [1.807, 2.05) is 32.2 Å². The maximum absolute atomic E-state index is 9.25. The Kier molecular flexibility index (Phi) is 7.48. The Hall–Kier alpha value is -2.07. The van der Waals surface area contributed by atoms with Crippen molar-refractivity contribution in [2.75, 3.05) is 30.4 Å². The van der Waals surface area contributed by atoms with Crippen LogP contribution in [0, 0.1) is 18.3 Å². The van der Waals surface area contributed by atoms with Gasteiger partial charge in [-0.3, -0.25) is 0 Å². The Balaban J connectivity index is 0.00000140. The van der Waals surface area contributed by atoms with Crippen molar-refractivity contribution in [3.05, 3.63) is 40.6 Å². The molecule has 1 aliphatic carbocycles. The van der Waals surface area contributed by atoms with Crippen LogP contribution in [-0.2, 0) is 12.8 Å². The number of fused-ring (bicyclic) bond motifs is 1. The molecule has 0 amide bonds. The van der Waals surface area contributed by atoms with Gasteiger partial charge in [-0.1, -0.05) is 6.07 Å². The van der Waals surface area contributed by atoms with Crippen molar-refractivity contribution < 1.29 is 0 Å². The Bertz CT molecular complexity index is 880. The van der Waals surface area contributed by atoms with Gasteiger partial charge in [0.05, 0.1) is 17.3 Å². The molecule has 2 heterocycles. The van der Waals surface area contributed by atoms with Crippen LogP contribution in [0.3, 0.4) is 0 Å². The van der Waals surface area contributed by atoms with E-state index in [0.717, 1.165) is 61.5 Å². The van der Waals surface area contributed by atoms with Crippen LogP contribution < -0.4 is 15.5 Å². The van der Waals surface area contributed by atoms with Crippen LogP contribution in [0.1, 0.15) is 35.2 Å². The molecule has 0 spiro atoms. The molecule has 1 atom stereocenters. The number of halogens is 2. The van der Waals surface area contributed by atoms with Crippen LogP contribution >= 0.6 is 24.8 Å². The monoisotopic (exact) mass is 420 g/mol. The molecule has 4 rings (SSSR count). The Morgan fingerprint density at radius 2 is 2.04 bits per heavy atom. The van der Waals surface area contributed by atoms with E-state index in [2.05, 4.69) is 21.6 Å². The zero-order valence-corrected chi connectivity index (χ0v) is 17.8. The summed E-state index contributed by atoms with van der Waals surface area (Å²) in [6, 6.07) is 8.54. The number of nitrogens with one attached hydrogen (secondary N) is 2. The molecule has 0 unspecified atom stereocenters. The predicted molar refractivity (Wildman–Crippen MR) is 117 cm³/mol. The van der Waals surface area contributed by atoms with E-state index in [9.17, 15) is 5.26 Å². The lowest BCUT2D eigenvalue weighted by molar-refractivity contribution is 0.616. The third-order valence-corrected chi connectivity index (χ3v) is 5.42. The van der Waals surface area contributed by atoms with Gasteiger partial charge in [0.2, 0.25) is 5.95 Å². The number of hydrogen-bond donors (Lipinski definition) is 2. The van der Waals surface area contributed by atoms with Gasteiger partial charge in [-0.2, -0.15) is 10.2 Å². The minimum atomic E-state index is 0. The van der Waals surface area contributed by atoms with Gasteiger partial charge >= 0.3 is 0 Å². The number of rotatable bonds is 4. The fraction of sp³-hybridized carbons (Fsp3) is 0.450. The minimum Gasteiger partial charge on any atom is -0.355 e. The third-order valence-electron chi connectivity index (χ3n) is 5.42. The largest absolute Gasteiger partial charge is 0.355 e. The Labute approximate surface area is 178 Å². The summed E-state index contributed by atoms with van der Waals surface area (Å²) in [5.74, 6) is 1.71. The molecule has 1 aromatic carbocycles. The second-order valence-corrected chi connectivity index (χ2v) is 7.14. The molecule has 1 saturated heterocycles. The van der Waals surface area contributed by atoms with E-state index in [4.69, 9.17) is 9.97 Å².